The molecule has 0 atom stereocenters. The number of hydrogen-bond donors (Lipinski definition) is 0. The van der Waals surface area contributed by atoms with Crippen molar-refractivity contribution in [3.05, 3.63) is 47.0 Å². The Morgan fingerprint density at radius 3 is 2.33 bits per heavy atom. The molecule has 76 valence electrons. The molecule has 0 saturated carbocycles. The molecule has 2 nitrogen and oxygen atoms in total. The molecule has 1 heterocycles. The third-order valence-corrected chi connectivity index (χ3v) is 2.51. The maximum Gasteiger partial charge on any atom is 0.140 e. The van der Waals surface area contributed by atoms with Gasteiger partial charge in [0.15, 0.2) is 0 Å². The topological polar surface area (TPSA) is 25.8 Å². The van der Waals surface area contributed by atoms with E-state index in [2.05, 4.69) is 16.9 Å². The van der Waals surface area contributed by atoms with Crippen molar-refractivity contribution >= 4 is 11.6 Å². The number of aryl methyl sites for hydroxylation is 2. The van der Waals surface area contributed by atoms with E-state index < -0.39 is 0 Å². The standard InChI is InChI=1S/C12H11ClN2/c1-8-3-5-10(6-4-8)11-7-14-9(2)15-12(11)13/h3-7H,1-2H3. The molecule has 15 heavy (non-hydrogen) atoms. The summed E-state index contributed by atoms with van der Waals surface area (Å²) in [6.07, 6.45) is 1.76. The minimum absolute atomic E-state index is 0.506. The van der Waals surface area contributed by atoms with Gasteiger partial charge < -0.3 is 0 Å². The van der Waals surface area contributed by atoms with Crippen molar-refractivity contribution in [2.45, 2.75) is 13.8 Å². The van der Waals surface area contributed by atoms with Crippen molar-refractivity contribution in [3.63, 3.8) is 0 Å². The highest BCUT2D eigenvalue weighted by atomic mass is 35.5. The van der Waals surface area contributed by atoms with E-state index in [0.29, 0.717) is 11.0 Å². The van der Waals surface area contributed by atoms with Crippen LogP contribution < -0.4 is 0 Å². The summed E-state index contributed by atoms with van der Waals surface area (Å²) in [5, 5.41) is 0.506. The molecule has 0 unspecified atom stereocenters. The molecule has 1 aromatic heterocycles. The van der Waals surface area contributed by atoms with Gasteiger partial charge in [0.25, 0.3) is 0 Å². The zero-order valence-corrected chi connectivity index (χ0v) is 9.42. The Balaban J connectivity index is 2.49. The second kappa shape index (κ2) is 3.99. The van der Waals surface area contributed by atoms with Gasteiger partial charge in [0, 0.05) is 11.8 Å². The van der Waals surface area contributed by atoms with Crippen LogP contribution in [0.5, 0.6) is 0 Å². The molecule has 3 heteroatoms. The SMILES string of the molecule is Cc1ccc(-c2cnc(C)nc2Cl)cc1. The first-order valence-corrected chi connectivity index (χ1v) is 5.11. The van der Waals surface area contributed by atoms with E-state index in [1.165, 1.54) is 5.56 Å². The third kappa shape index (κ3) is 2.16. The van der Waals surface area contributed by atoms with Crippen LogP contribution in [0.15, 0.2) is 30.5 Å². The Hall–Kier alpha value is -1.41. The molecule has 0 aliphatic carbocycles. The third-order valence-electron chi connectivity index (χ3n) is 2.23. The zero-order valence-electron chi connectivity index (χ0n) is 8.66. The predicted octanol–water partition coefficient (Wildman–Crippen LogP) is 3.41. The Morgan fingerprint density at radius 2 is 1.73 bits per heavy atom. The predicted molar refractivity (Wildman–Crippen MR) is 62.0 cm³/mol. The molecule has 0 amide bonds. The second-order valence-corrected chi connectivity index (χ2v) is 3.85. The summed E-state index contributed by atoms with van der Waals surface area (Å²) in [5.74, 6) is 0.691. The van der Waals surface area contributed by atoms with Gasteiger partial charge in [-0.15, -0.1) is 0 Å². The van der Waals surface area contributed by atoms with Crippen molar-refractivity contribution in [2.75, 3.05) is 0 Å². The minimum Gasteiger partial charge on any atom is -0.241 e. The highest BCUT2D eigenvalue weighted by Gasteiger charge is 2.04. The van der Waals surface area contributed by atoms with E-state index in [9.17, 15) is 0 Å². The summed E-state index contributed by atoms with van der Waals surface area (Å²) in [7, 11) is 0. The first-order valence-electron chi connectivity index (χ1n) is 4.73. The Labute approximate surface area is 94.0 Å². The molecule has 0 radical (unpaired) electrons. The lowest BCUT2D eigenvalue weighted by Crippen LogP contribution is -1.90. The van der Waals surface area contributed by atoms with Crippen LogP contribution in [0.25, 0.3) is 11.1 Å². The van der Waals surface area contributed by atoms with E-state index in [0.717, 1.165) is 11.1 Å². The van der Waals surface area contributed by atoms with Crippen LogP contribution >= 0.6 is 11.6 Å². The number of rotatable bonds is 1. The molecule has 0 fully saturated rings. The van der Waals surface area contributed by atoms with Gasteiger partial charge >= 0.3 is 0 Å². The molecule has 1 aromatic carbocycles. The van der Waals surface area contributed by atoms with E-state index in [4.69, 9.17) is 11.6 Å². The summed E-state index contributed by atoms with van der Waals surface area (Å²) < 4.78 is 0. The van der Waals surface area contributed by atoms with Crippen LogP contribution in [-0.4, -0.2) is 9.97 Å². The van der Waals surface area contributed by atoms with Crippen LogP contribution in [0, 0.1) is 13.8 Å². The molecule has 0 spiro atoms. The Kier molecular flexibility index (Phi) is 2.69. The fourth-order valence-electron chi connectivity index (χ4n) is 1.37. The monoisotopic (exact) mass is 218 g/mol. The van der Waals surface area contributed by atoms with Crippen LogP contribution in [0.4, 0.5) is 0 Å². The van der Waals surface area contributed by atoms with Crippen LogP contribution in [0.3, 0.4) is 0 Å². The zero-order chi connectivity index (χ0) is 10.8. The van der Waals surface area contributed by atoms with Crippen molar-refractivity contribution in [1.29, 1.82) is 0 Å². The number of hydrogen-bond acceptors (Lipinski definition) is 2. The minimum atomic E-state index is 0.506. The lowest BCUT2D eigenvalue weighted by molar-refractivity contribution is 1.06. The van der Waals surface area contributed by atoms with Crippen molar-refractivity contribution < 1.29 is 0 Å². The first kappa shape index (κ1) is 10.1. The van der Waals surface area contributed by atoms with E-state index >= 15 is 0 Å². The average Bonchev–Trinajstić information content (AvgIpc) is 2.20. The number of halogens is 1. The molecule has 0 N–H and O–H groups in total. The van der Waals surface area contributed by atoms with E-state index in [1.54, 1.807) is 6.20 Å². The quantitative estimate of drug-likeness (QED) is 0.686. The highest BCUT2D eigenvalue weighted by molar-refractivity contribution is 6.32. The molecule has 0 aliphatic rings. The fraction of sp³-hybridized carbons (Fsp3) is 0.167. The van der Waals surface area contributed by atoms with Crippen LogP contribution in [0.1, 0.15) is 11.4 Å². The number of benzene rings is 1. The van der Waals surface area contributed by atoms with Crippen molar-refractivity contribution in [3.8, 4) is 11.1 Å². The van der Waals surface area contributed by atoms with Gasteiger partial charge in [0.05, 0.1) is 0 Å². The Morgan fingerprint density at radius 1 is 1.07 bits per heavy atom. The molecule has 2 aromatic rings. The fourth-order valence-corrected chi connectivity index (χ4v) is 1.65. The number of aromatic nitrogens is 2. The second-order valence-electron chi connectivity index (χ2n) is 3.49. The van der Waals surface area contributed by atoms with Gasteiger partial charge in [-0.2, -0.15) is 0 Å². The molecule has 0 aliphatic heterocycles. The first-order chi connectivity index (χ1) is 7.16. The highest BCUT2D eigenvalue weighted by Crippen LogP contribution is 2.25. The van der Waals surface area contributed by atoms with Gasteiger partial charge in [0.1, 0.15) is 11.0 Å². The van der Waals surface area contributed by atoms with Crippen molar-refractivity contribution in [2.24, 2.45) is 0 Å². The van der Waals surface area contributed by atoms with Gasteiger partial charge in [0.2, 0.25) is 0 Å². The van der Waals surface area contributed by atoms with Gasteiger partial charge in [-0.1, -0.05) is 41.4 Å². The lowest BCUT2D eigenvalue weighted by Gasteiger charge is -2.04. The van der Waals surface area contributed by atoms with E-state index in [1.807, 2.05) is 31.2 Å². The van der Waals surface area contributed by atoms with Gasteiger partial charge in [-0.25, -0.2) is 9.97 Å². The normalized spacial score (nSPS) is 10.3. The molecule has 2 rings (SSSR count). The van der Waals surface area contributed by atoms with Gasteiger partial charge in [-0.05, 0) is 19.4 Å². The molecular formula is C12H11ClN2. The largest absolute Gasteiger partial charge is 0.241 e. The Bertz CT molecular complexity index is 477. The van der Waals surface area contributed by atoms with Crippen LogP contribution in [0.2, 0.25) is 5.15 Å². The summed E-state index contributed by atoms with van der Waals surface area (Å²) in [6.45, 7) is 3.88. The molecule has 0 saturated heterocycles. The number of nitrogens with zero attached hydrogens (tertiary/aromatic N) is 2. The molecule has 0 bridgehead atoms. The summed E-state index contributed by atoms with van der Waals surface area (Å²) in [6, 6.07) is 8.14. The van der Waals surface area contributed by atoms with Crippen LogP contribution in [-0.2, 0) is 0 Å². The summed E-state index contributed by atoms with van der Waals surface area (Å²) in [4.78, 5) is 8.27. The van der Waals surface area contributed by atoms with Gasteiger partial charge in [-0.3, -0.25) is 0 Å². The smallest absolute Gasteiger partial charge is 0.140 e. The van der Waals surface area contributed by atoms with E-state index in [-0.39, 0.29) is 0 Å². The summed E-state index contributed by atoms with van der Waals surface area (Å²) >= 11 is 6.05. The summed E-state index contributed by atoms with van der Waals surface area (Å²) in [5.41, 5.74) is 3.15. The maximum atomic E-state index is 6.05. The maximum absolute atomic E-state index is 6.05. The molecular weight excluding hydrogens is 208 g/mol. The van der Waals surface area contributed by atoms with Crippen molar-refractivity contribution in [1.82, 2.24) is 9.97 Å². The average molecular weight is 219 g/mol. The lowest BCUT2D eigenvalue weighted by atomic mass is 10.1.